The molecule has 0 radical (unpaired) electrons. The van der Waals surface area contributed by atoms with E-state index in [0.29, 0.717) is 11.1 Å². The van der Waals surface area contributed by atoms with Gasteiger partial charge in [-0.15, -0.1) is 0 Å². The Labute approximate surface area is 116 Å². The van der Waals surface area contributed by atoms with E-state index in [-0.39, 0.29) is 24.1 Å². The second-order valence-electron chi connectivity index (χ2n) is 4.12. The van der Waals surface area contributed by atoms with Crippen LogP contribution in [0.25, 0.3) is 0 Å². The minimum atomic E-state index is -0.344. The molecule has 0 aliphatic carbocycles. The molecule has 4 heteroatoms. The van der Waals surface area contributed by atoms with E-state index in [1.807, 2.05) is 13.8 Å². The summed E-state index contributed by atoms with van der Waals surface area (Å²) in [6.45, 7) is 4.43. The zero-order valence-corrected chi connectivity index (χ0v) is 12.3. The van der Waals surface area contributed by atoms with Crippen LogP contribution < -0.4 is 0 Å². The van der Waals surface area contributed by atoms with Crippen molar-refractivity contribution in [2.45, 2.75) is 39.2 Å². The quantitative estimate of drug-likeness (QED) is 0.762. The number of Topliss-reactive ketones (excluding diaryl/α,β-unsaturated/α-hetero) is 1. The molecule has 0 N–H and O–H groups in total. The number of hydrogen-bond donors (Lipinski definition) is 0. The topological polar surface area (TPSA) is 26.3 Å². The predicted molar refractivity (Wildman–Crippen MR) is 73.1 cm³/mol. The van der Waals surface area contributed by atoms with Gasteiger partial charge in [0.1, 0.15) is 11.9 Å². The van der Waals surface area contributed by atoms with Gasteiger partial charge in [-0.25, -0.2) is 4.39 Å². The molecule has 2 nitrogen and oxygen atoms in total. The average Bonchev–Trinajstić information content (AvgIpc) is 2.33. The third-order valence-electron chi connectivity index (χ3n) is 2.64. The minimum Gasteiger partial charge on any atom is -0.371 e. The Morgan fingerprint density at radius 2 is 2.17 bits per heavy atom. The largest absolute Gasteiger partial charge is 0.371 e. The zero-order valence-electron chi connectivity index (χ0n) is 10.7. The fourth-order valence-corrected chi connectivity index (χ4v) is 2.19. The van der Waals surface area contributed by atoms with Crippen LogP contribution in [0, 0.1) is 5.82 Å². The highest BCUT2D eigenvalue weighted by molar-refractivity contribution is 9.10. The second-order valence-corrected chi connectivity index (χ2v) is 4.98. The lowest BCUT2D eigenvalue weighted by atomic mass is 10.0. The molecule has 1 atom stereocenters. The van der Waals surface area contributed by atoms with Crippen molar-refractivity contribution >= 4 is 21.7 Å². The fraction of sp³-hybridized carbons (Fsp3) is 0.500. The van der Waals surface area contributed by atoms with Crippen LogP contribution in [0.5, 0.6) is 0 Å². The highest BCUT2D eigenvalue weighted by Crippen LogP contribution is 2.18. The number of carbonyl (C=O) groups excluding carboxylic acids is 1. The number of rotatable bonds is 7. The Hall–Kier alpha value is -0.740. The standard InChI is InChI=1S/C14H18BrFO2/c1-3-5-14(18-4-2)13(17)9-10-6-7-12(16)11(15)8-10/h6-8,14H,3-5,9H2,1-2H3. The van der Waals surface area contributed by atoms with Crippen LogP contribution in [-0.2, 0) is 16.0 Å². The van der Waals surface area contributed by atoms with E-state index < -0.39 is 0 Å². The Morgan fingerprint density at radius 3 is 2.72 bits per heavy atom. The molecule has 0 aliphatic heterocycles. The minimum absolute atomic E-state index is 0.0530. The summed E-state index contributed by atoms with van der Waals surface area (Å²) in [7, 11) is 0. The van der Waals surface area contributed by atoms with Crippen LogP contribution >= 0.6 is 15.9 Å². The molecule has 0 fully saturated rings. The smallest absolute Gasteiger partial charge is 0.165 e. The summed E-state index contributed by atoms with van der Waals surface area (Å²) in [6.07, 6.45) is 1.58. The lowest BCUT2D eigenvalue weighted by molar-refractivity contribution is -0.130. The van der Waals surface area contributed by atoms with Crippen molar-refractivity contribution in [1.29, 1.82) is 0 Å². The van der Waals surface area contributed by atoms with E-state index in [1.54, 1.807) is 12.1 Å². The third kappa shape index (κ3) is 4.50. The monoisotopic (exact) mass is 316 g/mol. The van der Waals surface area contributed by atoms with Crippen molar-refractivity contribution in [2.75, 3.05) is 6.61 Å². The molecule has 100 valence electrons. The van der Waals surface area contributed by atoms with Gasteiger partial charge in [-0.3, -0.25) is 4.79 Å². The molecule has 0 heterocycles. The predicted octanol–water partition coefficient (Wildman–Crippen LogP) is 3.91. The first-order valence-corrected chi connectivity index (χ1v) is 6.96. The van der Waals surface area contributed by atoms with Crippen LogP contribution in [0.4, 0.5) is 4.39 Å². The van der Waals surface area contributed by atoms with Gasteiger partial charge in [0, 0.05) is 13.0 Å². The zero-order chi connectivity index (χ0) is 13.5. The molecule has 1 unspecified atom stereocenters. The average molecular weight is 317 g/mol. The Morgan fingerprint density at radius 1 is 1.44 bits per heavy atom. The van der Waals surface area contributed by atoms with Crippen molar-refractivity contribution in [3.05, 3.63) is 34.1 Å². The Kier molecular flexibility index (Phi) is 6.50. The Balaban J connectivity index is 2.69. The maximum absolute atomic E-state index is 13.1. The van der Waals surface area contributed by atoms with Crippen LogP contribution in [0.3, 0.4) is 0 Å². The number of halogens is 2. The molecule has 1 rings (SSSR count). The molecule has 0 spiro atoms. The van der Waals surface area contributed by atoms with Crippen molar-refractivity contribution in [2.24, 2.45) is 0 Å². The van der Waals surface area contributed by atoms with Crippen molar-refractivity contribution in [1.82, 2.24) is 0 Å². The first kappa shape index (κ1) is 15.3. The van der Waals surface area contributed by atoms with Crippen LogP contribution in [-0.4, -0.2) is 18.5 Å². The van der Waals surface area contributed by atoms with Crippen LogP contribution in [0.15, 0.2) is 22.7 Å². The molecule has 0 saturated carbocycles. The van der Waals surface area contributed by atoms with Crippen LogP contribution in [0.1, 0.15) is 32.3 Å². The van der Waals surface area contributed by atoms with E-state index >= 15 is 0 Å². The molecule has 0 aliphatic rings. The summed E-state index contributed by atoms with van der Waals surface area (Å²) in [5, 5.41) is 0. The molecule has 1 aromatic carbocycles. The van der Waals surface area contributed by atoms with Crippen molar-refractivity contribution < 1.29 is 13.9 Å². The van der Waals surface area contributed by atoms with Gasteiger partial charge in [0.05, 0.1) is 4.47 Å². The molecule has 0 bridgehead atoms. The van der Waals surface area contributed by atoms with Gasteiger partial charge in [-0.1, -0.05) is 19.4 Å². The van der Waals surface area contributed by atoms with Gasteiger partial charge >= 0.3 is 0 Å². The molecule has 0 aromatic heterocycles. The van der Waals surface area contributed by atoms with E-state index in [0.717, 1.165) is 18.4 Å². The second kappa shape index (κ2) is 7.64. The van der Waals surface area contributed by atoms with E-state index in [9.17, 15) is 9.18 Å². The summed E-state index contributed by atoms with van der Waals surface area (Å²) in [5.74, 6) is -0.265. The number of benzene rings is 1. The highest BCUT2D eigenvalue weighted by atomic mass is 79.9. The summed E-state index contributed by atoms with van der Waals surface area (Å²) in [4.78, 5) is 12.1. The first-order valence-electron chi connectivity index (χ1n) is 6.16. The van der Waals surface area contributed by atoms with Crippen LogP contribution in [0.2, 0.25) is 0 Å². The van der Waals surface area contributed by atoms with Gasteiger partial charge in [0.25, 0.3) is 0 Å². The van der Waals surface area contributed by atoms with Crippen molar-refractivity contribution in [3.8, 4) is 0 Å². The normalized spacial score (nSPS) is 12.4. The highest BCUT2D eigenvalue weighted by Gasteiger charge is 2.18. The lowest BCUT2D eigenvalue weighted by Gasteiger charge is -2.15. The lowest BCUT2D eigenvalue weighted by Crippen LogP contribution is -2.26. The van der Waals surface area contributed by atoms with Gasteiger partial charge in [-0.05, 0) is 47.0 Å². The maximum atomic E-state index is 13.1. The van der Waals surface area contributed by atoms with Gasteiger partial charge in [0.2, 0.25) is 0 Å². The van der Waals surface area contributed by atoms with Gasteiger partial charge < -0.3 is 4.74 Å². The fourth-order valence-electron chi connectivity index (χ4n) is 1.77. The van der Waals surface area contributed by atoms with Crippen molar-refractivity contribution in [3.63, 3.8) is 0 Å². The summed E-state index contributed by atoms with van der Waals surface area (Å²) in [5.41, 5.74) is 0.800. The van der Waals surface area contributed by atoms with E-state index in [4.69, 9.17) is 4.74 Å². The van der Waals surface area contributed by atoms with E-state index in [2.05, 4.69) is 15.9 Å². The number of hydrogen-bond acceptors (Lipinski definition) is 2. The number of carbonyl (C=O) groups is 1. The molecule has 0 saturated heterocycles. The summed E-state index contributed by atoms with van der Waals surface area (Å²) < 4.78 is 18.9. The SMILES string of the molecule is CCCC(OCC)C(=O)Cc1ccc(F)c(Br)c1. The summed E-state index contributed by atoms with van der Waals surface area (Å²) >= 11 is 3.12. The maximum Gasteiger partial charge on any atom is 0.165 e. The number of ether oxygens (including phenoxy) is 1. The molecule has 18 heavy (non-hydrogen) atoms. The van der Waals surface area contributed by atoms with Gasteiger partial charge in [-0.2, -0.15) is 0 Å². The van der Waals surface area contributed by atoms with Gasteiger partial charge in [0.15, 0.2) is 5.78 Å². The summed E-state index contributed by atoms with van der Waals surface area (Å²) in [6, 6.07) is 4.64. The van der Waals surface area contributed by atoms with E-state index in [1.165, 1.54) is 6.07 Å². The molecule has 1 aromatic rings. The number of ketones is 1. The molecule has 0 amide bonds. The molecular weight excluding hydrogens is 299 g/mol. The molecular formula is C14H18BrFO2. The Bertz CT molecular complexity index is 401. The first-order chi connectivity index (χ1) is 8.58. The third-order valence-corrected chi connectivity index (χ3v) is 3.25.